The first-order chi connectivity index (χ1) is 12.4. The lowest BCUT2D eigenvalue weighted by molar-refractivity contribution is -0.384. The highest BCUT2D eigenvalue weighted by atomic mass is 35.5. The molecule has 0 saturated heterocycles. The first kappa shape index (κ1) is 22.5. The van der Waals surface area contributed by atoms with E-state index in [9.17, 15) is 10.1 Å². The molecule has 0 amide bonds. The number of hydrogen-bond donors (Lipinski definition) is 2. The number of anilines is 2. The summed E-state index contributed by atoms with van der Waals surface area (Å²) in [6.45, 7) is 14.1. The highest BCUT2D eigenvalue weighted by Gasteiger charge is 2.25. The van der Waals surface area contributed by atoms with E-state index in [-0.39, 0.29) is 10.6 Å². The summed E-state index contributed by atoms with van der Waals surface area (Å²) < 4.78 is 0. The minimum Gasteiger partial charge on any atom is -0.397 e. The predicted octanol–water partition coefficient (Wildman–Crippen LogP) is 3.47. The zero-order valence-corrected chi connectivity index (χ0v) is 17.1. The number of rotatable bonds is 12. The maximum atomic E-state index is 11.7. The van der Waals surface area contributed by atoms with Crippen molar-refractivity contribution in [2.24, 2.45) is 0 Å². The predicted molar refractivity (Wildman–Crippen MR) is 110 cm³/mol. The molecule has 0 aliphatic heterocycles. The first-order valence-corrected chi connectivity index (χ1v) is 9.70. The summed E-state index contributed by atoms with van der Waals surface area (Å²) >= 11 is 6.26. The van der Waals surface area contributed by atoms with E-state index in [1.54, 1.807) is 6.07 Å². The standard InChI is InChI=1S/C18H32ClN5O2/c1-5-22(6-2)11-9-14-17(20)15(19)13-16(18(14)24(25)26)21-10-12-23(7-3)8-4/h13,21H,5-12,20H2,1-4H3. The zero-order valence-electron chi connectivity index (χ0n) is 16.3. The molecule has 3 N–H and O–H groups in total. The second-order valence-corrected chi connectivity index (χ2v) is 6.54. The lowest BCUT2D eigenvalue weighted by Crippen LogP contribution is -2.29. The van der Waals surface area contributed by atoms with E-state index in [1.807, 2.05) is 0 Å². The van der Waals surface area contributed by atoms with E-state index in [0.29, 0.717) is 41.5 Å². The van der Waals surface area contributed by atoms with Crippen molar-refractivity contribution < 1.29 is 4.92 Å². The van der Waals surface area contributed by atoms with Crippen LogP contribution in [0.4, 0.5) is 17.1 Å². The number of likely N-dealkylation sites (N-methyl/N-ethyl adjacent to an activating group) is 2. The van der Waals surface area contributed by atoms with Crippen LogP contribution in [0.5, 0.6) is 0 Å². The van der Waals surface area contributed by atoms with Gasteiger partial charge in [-0.15, -0.1) is 0 Å². The van der Waals surface area contributed by atoms with Crippen LogP contribution in [-0.4, -0.2) is 60.5 Å². The maximum absolute atomic E-state index is 11.7. The molecule has 0 unspecified atom stereocenters. The van der Waals surface area contributed by atoms with Gasteiger partial charge in [0.25, 0.3) is 5.69 Å². The van der Waals surface area contributed by atoms with Crippen molar-refractivity contribution in [2.45, 2.75) is 34.1 Å². The number of nitrogens with two attached hydrogens (primary N) is 1. The van der Waals surface area contributed by atoms with E-state index in [2.05, 4.69) is 42.8 Å². The normalized spacial score (nSPS) is 11.3. The Bertz CT molecular complexity index is 589. The van der Waals surface area contributed by atoms with Crippen molar-refractivity contribution >= 4 is 28.7 Å². The Kier molecular flexibility index (Phi) is 9.69. The van der Waals surface area contributed by atoms with Gasteiger partial charge in [0.15, 0.2) is 0 Å². The van der Waals surface area contributed by atoms with Crippen molar-refractivity contribution in [3.05, 3.63) is 26.8 Å². The SMILES string of the molecule is CCN(CC)CCNc1cc(Cl)c(N)c(CCN(CC)CC)c1[N+](=O)[O-]. The highest BCUT2D eigenvalue weighted by molar-refractivity contribution is 6.33. The van der Waals surface area contributed by atoms with Crippen LogP contribution >= 0.6 is 11.6 Å². The molecule has 0 saturated carbocycles. The molecule has 0 heterocycles. The number of nitrogens with one attached hydrogen (secondary N) is 1. The number of hydrogen-bond acceptors (Lipinski definition) is 6. The lowest BCUT2D eigenvalue weighted by Gasteiger charge is -2.21. The van der Waals surface area contributed by atoms with E-state index in [1.165, 1.54) is 0 Å². The van der Waals surface area contributed by atoms with Gasteiger partial charge in [0, 0.05) is 19.6 Å². The molecule has 0 spiro atoms. The lowest BCUT2D eigenvalue weighted by atomic mass is 10.0. The average Bonchev–Trinajstić information content (AvgIpc) is 2.62. The van der Waals surface area contributed by atoms with Gasteiger partial charge in [0.2, 0.25) is 0 Å². The van der Waals surface area contributed by atoms with Gasteiger partial charge >= 0.3 is 0 Å². The fraction of sp³-hybridized carbons (Fsp3) is 0.667. The monoisotopic (exact) mass is 385 g/mol. The zero-order chi connectivity index (χ0) is 19.7. The average molecular weight is 386 g/mol. The Balaban J connectivity index is 3.08. The van der Waals surface area contributed by atoms with E-state index in [0.717, 1.165) is 32.7 Å². The topological polar surface area (TPSA) is 87.7 Å². The molecule has 0 radical (unpaired) electrons. The summed E-state index contributed by atoms with van der Waals surface area (Å²) in [4.78, 5) is 15.8. The van der Waals surface area contributed by atoms with Crippen molar-refractivity contribution in [3.63, 3.8) is 0 Å². The van der Waals surface area contributed by atoms with Crippen LogP contribution in [0.1, 0.15) is 33.3 Å². The van der Waals surface area contributed by atoms with Crippen molar-refractivity contribution in [1.29, 1.82) is 0 Å². The Labute approximate surface area is 161 Å². The van der Waals surface area contributed by atoms with Crippen LogP contribution in [0.2, 0.25) is 5.02 Å². The molecule has 0 atom stereocenters. The number of nitrogen functional groups attached to an aromatic ring is 1. The molecule has 1 aromatic carbocycles. The summed E-state index contributed by atoms with van der Waals surface area (Å²) in [5, 5.41) is 15.3. The van der Waals surface area contributed by atoms with E-state index in [4.69, 9.17) is 17.3 Å². The quantitative estimate of drug-likeness (QED) is 0.325. The van der Waals surface area contributed by atoms with Crippen LogP contribution in [0, 0.1) is 10.1 Å². The second kappa shape index (κ2) is 11.2. The molecule has 1 aromatic rings. The van der Waals surface area contributed by atoms with Gasteiger partial charge in [-0.2, -0.15) is 0 Å². The number of benzene rings is 1. The van der Waals surface area contributed by atoms with Crippen LogP contribution < -0.4 is 11.1 Å². The molecule has 0 aromatic heterocycles. The van der Waals surface area contributed by atoms with Gasteiger partial charge in [-0.05, 0) is 38.7 Å². The summed E-state index contributed by atoms with van der Waals surface area (Å²) in [5.41, 5.74) is 7.39. The van der Waals surface area contributed by atoms with Crippen LogP contribution in [-0.2, 0) is 6.42 Å². The van der Waals surface area contributed by atoms with Crippen LogP contribution in [0.3, 0.4) is 0 Å². The van der Waals surface area contributed by atoms with E-state index >= 15 is 0 Å². The summed E-state index contributed by atoms with van der Waals surface area (Å²) in [6, 6.07) is 1.57. The molecule has 26 heavy (non-hydrogen) atoms. The second-order valence-electron chi connectivity index (χ2n) is 6.13. The summed E-state index contributed by atoms with van der Waals surface area (Å²) in [5.74, 6) is 0. The van der Waals surface area contributed by atoms with Gasteiger partial charge in [-0.3, -0.25) is 10.1 Å². The third kappa shape index (κ3) is 6.00. The van der Waals surface area contributed by atoms with Crippen LogP contribution in [0.15, 0.2) is 6.07 Å². The number of nitrogens with zero attached hydrogens (tertiary/aromatic N) is 3. The molecule has 8 heteroatoms. The largest absolute Gasteiger partial charge is 0.397 e. The molecule has 1 rings (SSSR count). The van der Waals surface area contributed by atoms with Gasteiger partial charge in [-0.1, -0.05) is 39.3 Å². The smallest absolute Gasteiger partial charge is 0.297 e. The maximum Gasteiger partial charge on any atom is 0.297 e. The highest BCUT2D eigenvalue weighted by Crippen LogP contribution is 2.38. The third-order valence-corrected chi connectivity index (χ3v) is 5.10. The molecule has 0 fully saturated rings. The van der Waals surface area contributed by atoms with Crippen molar-refractivity contribution in [1.82, 2.24) is 9.80 Å². The molecular weight excluding hydrogens is 354 g/mol. The van der Waals surface area contributed by atoms with E-state index < -0.39 is 0 Å². The minimum absolute atomic E-state index is 0.0404. The molecule has 0 bridgehead atoms. The van der Waals surface area contributed by atoms with Gasteiger partial charge in [0.1, 0.15) is 5.69 Å². The molecule has 148 valence electrons. The van der Waals surface area contributed by atoms with Crippen molar-refractivity contribution in [3.8, 4) is 0 Å². The summed E-state index contributed by atoms with van der Waals surface area (Å²) in [6.07, 6.45) is 0.495. The number of nitro benzene ring substituents is 1. The van der Waals surface area contributed by atoms with Gasteiger partial charge in [-0.25, -0.2) is 0 Å². The molecule has 0 aliphatic carbocycles. The fourth-order valence-corrected chi connectivity index (χ4v) is 3.22. The molecule has 0 aliphatic rings. The number of halogens is 1. The van der Waals surface area contributed by atoms with Gasteiger partial charge < -0.3 is 20.9 Å². The van der Waals surface area contributed by atoms with Crippen LogP contribution in [0.25, 0.3) is 0 Å². The minimum atomic E-state index is -0.357. The third-order valence-electron chi connectivity index (χ3n) is 4.79. The Morgan fingerprint density at radius 1 is 1.12 bits per heavy atom. The van der Waals surface area contributed by atoms with Gasteiger partial charge in [0.05, 0.1) is 21.2 Å². The van der Waals surface area contributed by atoms with Crippen molar-refractivity contribution in [2.75, 3.05) is 56.9 Å². The molecular formula is C18H32ClN5O2. The number of nitro groups is 1. The summed E-state index contributed by atoms with van der Waals surface area (Å²) in [7, 11) is 0. The molecule has 7 nitrogen and oxygen atoms in total. The Morgan fingerprint density at radius 3 is 2.15 bits per heavy atom. The first-order valence-electron chi connectivity index (χ1n) is 9.33. The Morgan fingerprint density at radius 2 is 1.65 bits per heavy atom. The fourth-order valence-electron chi connectivity index (χ4n) is 3.00. The Hall–Kier alpha value is -1.57.